The zero-order chi connectivity index (χ0) is 26.5. The van der Waals surface area contributed by atoms with Crippen LogP contribution in [-0.2, 0) is 4.79 Å². The van der Waals surface area contributed by atoms with Gasteiger partial charge in [-0.05, 0) is 55.0 Å². The van der Waals surface area contributed by atoms with Gasteiger partial charge < -0.3 is 14.8 Å². The van der Waals surface area contributed by atoms with E-state index < -0.39 is 11.8 Å². The van der Waals surface area contributed by atoms with E-state index in [2.05, 4.69) is 20.9 Å². The number of amides is 2. The van der Waals surface area contributed by atoms with Crippen LogP contribution in [0.5, 0.6) is 11.5 Å². The predicted octanol–water partition coefficient (Wildman–Crippen LogP) is 4.48. The van der Waals surface area contributed by atoms with Crippen LogP contribution in [0.25, 0.3) is 11.8 Å². The molecule has 1 aromatic heterocycles. The maximum atomic E-state index is 13.1. The zero-order valence-electron chi connectivity index (χ0n) is 20.2. The number of rotatable bonds is 7. The van der Waals surface area contributed by atoms with Crippen molar-refractivity contribution in [1.29, 1.82) is 0 Å². The first-order valence-electron chi connectivity index (χ1n) is 11.6. The van der Waals surface area contributed by atoms with Crippen molar-refractivity contribution in [3.05, 3.63) is 112 Å². The Morgan fingerprint density at radius 3 is 2.47 bits per heavy atom. The lowest BCUT2D eigenvalue weighted by Gasteiger charge is -2.09. The van der Waals surface area contributed by atoms with Crippen molar-refractivity contribution in [1.82, 2.24) is 20.5 Å². The molecular formula is C28H22ClN5O4. The quantitative estimate of drug-likeness (QED) is 0.209. The van der Waals surface area contributed by atoms with Crippen LogP contribution in [0, 0.1) is 6.92 Å². The van der Waals surface area contributed by atoms with E-state index in [-0.39, 0.29) is 12.5 Å². The number of carbonyl (C=O) groups excluding carboxylic acids is 2. The second kappa shape index (κ2) is 11.0. The first kappa shape index (κ1) is 24.8. The Balaban J connectivity index is 1.38. The number of fused-ring (bicyclic) bond motifs is 1. The van der Waals surface area contributed by atoms with Gasteiger partial charge in [0.25, 0.3) is 11.8 Å². The van der Waals surface area contributed by atoms with Crippen molar-refractivity contribution in [3.63, 3.8) is 0 Å². The predicted molar refractivity (Wildman–Crippen MR) is 143 cm³/mol. The summed E-state index contributed by atoms with van der Waals surface area (Å²) in [5.41, 5.74) is 5.44. The minimum absolute atomic E-state index is 0.0160. The lowest BCUT2D eigenvalue weighted by atomic mass is 10.1. The van der Waals surface area contributed by atoms with Gasteiger partial charge >= 0.3 is 0 Å². The number of hydrogen-bond acceptors (Lipinski definition) is 6. The molecule has 2 amide bonds. The Hall–Kier alpha value is -4.89. The summed E-state index contributed by atoms with van der Waals surface area (Å²) < 4.78 is 12.4. The highest BCUT2D eigenvalue weighted by atomic mass is 35.5. The van der Waals surface area contributed by atoms with E-state index in [1.807, 2.05) is 30.3 Å². The molecule has 0 atom stereocenters. The lowest BCUT2D eigenvalue weighted by Crippen LogP contribution is -2.32. The number of hydrogen-bond donors (Lipinski definition) is 2. The van der Waals surface area contributed by atoms with Gasteiger partial charge in [-0.2, -0.15) is 10.2 Å². The summed E-state index contributed by atoms with van der Waals surface area (Å²) in [5, 5.41) is 11.5. The molecule has 38 heavy (non-hydrogen) atoms. The van der Waals surface area contributed by atoms with Gasteiger partial charge in [0, 0.05) is 5.56 Å². The topological polar surface area (TPSA) is 107 Å². The number of para-hydroxylation sites is 1. The van der Waals surface area contributed by atoms with Crippen molar-refractivity contribution in [2.24, 2.45) is 5.10 Å². The van der Waals surface area contributed by atoms with Crippen molar-refractivity contribution >= 4 is 35.7 Å². The lowest BCUT2D eigenvalue weighted by molar-refractivity contribution is -0.117. The van der Waals surface area contributed by atoms with Crippen molar-refractivity contribution < 1.29 is 19.1 Å². The molecule has 0 fully saturated rings. The average molecular weight is 528 g/mol. The third-order valence-electron chi connectivity index (χ3n) is 5.64. The molecule has 0 aliphatic carbocycles. The molecule has 2 heterocycles. The average Bonchev–Trinajstić information content (AvgIpc) is 3.52. The van der Waals surface area contributed by atoms with Crippen LogP contribution < -0.4 is 20.2 Å². The number of ether oxygens (including phenoxy) is 2. The largest absolute Gasteiger partial charge is 0.454 e. The molecule has 1 aliphatic rings. The maximum absolute atomic E-state index is 13.1. The van der Waals surface area contributed by atoms with Crippen molar-refractivity contribution in [2.75, 3.05) is 6.79 Å². The van der Waals surface area contributed by atoms with Crippen LogP contribution in [-0.4, -0.2) is 34.6 Å². The highest BCUT2D eigenvalue weighted by Crippen LogP contribution is 2.33. The molecule has 1 aliphatic heterocycles. The summed E-state index contributed by atoms with van der Waals surface area (Å²) in [4.78, 5) is 25.9. The van der Waals surface area contributed by atoms with Crippen LogP contribution >= 0.6 is 11.6 Å². The van der Waals surface area contributed by atoms with Crippen LogP contribution in [0.3, 0.4) is 0 Å². The Bertz CT molecular complexity index is 1550. The second-order valence-electron chi connectivity index (χ2n) is 8.23. The minimum Gasteiger partial charge on any atom is -0.454 e. The van der Waals surface area contributed by atoms with Gasteiger partial charge in [-0.25, -0.2) is 10.1 Å². The molecule has 10 heteroatoms. The molecular weight excluding hydrogens is 506 g/mol. The van der Waals surface area contributed by atoms with Gasteiger partial charge in [0.05, 0.1) is 23.2 Å². The first-order valence-corrected chi connectivity index (χ1v) is 12.0. The number of hydrazone groups is 1. The normalized spacial score (nSPS) is 12.5. The van der Waals surface area contributed by atoms with E-state index in [1.165, 1.54) is 12.3 Å². The van der Waals surface area contributed by atoms with Gasteiger partial charge in [-0.3, -0.25) is 9.59 Å². The van der Waals surface area contributed by atoms with Crippen LogP contribution in [0.1, 0.15) is 27.2 Å². The van der Waals surface area contributed by atoms with Crippen LogP contribution in [0.2, 0.25) is 5.15 Å². The Kier molecular flexibility index (Phi) is 7.19. The smallest absolute Gasteiger partial charge is 0.287 e. The Morgan fingerprint density at radius 2 is 1.71 bits per heavy atom. The fourth-order valence-electron chi connectivity index (χ4n) is 3.73. The van der Waals surface area contributed by atoms with Gasteiger partial charge in [0.1, 0.15) is 10.9 Å². The highest BCUT2D eigenvalue weighted by molar-refractivity contribution is 6.32. The van der Waals surface area contributed by atoms with Gasteiger partial charge in [-0.1, -0.05) is 54.1 Å². The van der Waals surface area contributed by atoms with E-state index in [1.54, 1.807) is 60.1 Å². The molecule has 4 aromatic rings. The number of benzene rings is 3. The van der Waals surface area contributed by atoms with Crippen molar-refractivity contribution in [3.8, 4) is 17.2 Å². The molecule has 0 spiro atoms. The number of halogens is 1. The van der Waals surface area contributed by atoms with Gasteiger partial charge in [0.15, 0.2) is 11.5 Å². The third-order valence-corrected chi connectivity index (χ3v) is 6.01. The van der Waals surface area contributed by atoms with Gasteiger partial charge in [0.2, 0.25) is 6.79 Å². The summed E-state index contributed by atoms with van der Waals surface area (Å²) >= 11 is 6.54. The van der Waals surface area contributed by atoms with E-state index in [9.17, 15) is 9.59 Å². The highest BCUT2D eigenvalue weighted by Gasteiger charge is 2.18. The maximum Gasteiger partial charge on any atom is 0.287 e. The fraction of sp³-hybridized carbons (Fsp3) is 0.0714. The molecule has 0 saturated carbocycles. The summed E-state index contributed by atoms with van der Waals surface area (Å²) in [6.07, 6.45) is 2.94. The molecule has 0 saturated heterocycles. The third kappa shape index (κ3) is 5.42. The van der Waals surface area contributed by atoms with E-state index >= 15 is 0 Å². The number of carbonyl (C=O) groups is 2. The molecule has 190 valence electrons. The minimum atomic E-state index is -0.632. The molecule has 0 bridgehead atoms. The summed E-state index contributed by atoms with van der Waals surface area (Å²) in [7, 11) is 0. The molecule has 9 nitrogen and oxygen atoms in total. The van der Waals surface area contributed by atoms with Crippen LogP contribution in [0.15, 0.2) is 89.7 Å². The first-order chi connectivity index (χ1) is 18.5. The number of aryl methyl sites for hydroxylation is 1. The Morgan fingerprint density at radius 1 is 1.00 bits per heavy atom. The van der Waals surface area contributed by atoms with Gasteiger partial charge in [-0.15, -0.1) is 0 Å². The number of aromatic nitrogens is 2. The SMILES string of the molecule is Cc1nn(-c2ccccc2)c(Cl)c1/C=N\NC(=O)C(=Cc1ccc2c(c1)OCO2)NC(=O)c1ccccc1. The zero-order valence-corrected chi connectivity index (χ0v) is 21.0. The molecule has 2 N–H and O–H groups in total. The molecule has 3 aromatic carbocycles. The van der Waals surface area contributed by atoms with Crippen molar-refractivity contribution in [2.45, 2.75) is 6.92 Å². The second-order valence-corrected chi connectivity index (χ2v) is 8.59. The van der Waals surface area contributed by atoms with E-state index in [0.29, 0.717) is 39.0 Å². The van der Waals surface area contributed by atoms with E-state index in [4.69, 9.17) is 21.1 Å². The monoisotopic (exact) mass is 527 g/mol. The Labute approximate surface area is 223 Å². The molecule has 5 rings (SSSR count). The van der Waals surface area contributed by atoms with E-state index in [0.717, 1.165) is 5.69 Å². The summed E-state index contributed by atoms with van der Waals surface area (Å²) in [6.45, 7) is 1.91. The number of nitrogens with zero attached hydrogens (tertiary/aromatic N) is 3. The fourth-order valence-corrected chi connectivity index (χ4v) is 4.05. The summed E-state index contributed by atoms with van der Waals surface area (Å²) in [6, 6.07) is 23.2. The molecule has 0 radical (unpaired) electrons. The molecule has 0 unspecified atom stereocenters. The summed E-state index contributed by atoms with van der Waals surface area (Å²) in [5.74, 6) is 0.0769. The van der Waals surface area contributed by atoms with Crippen LogP contribution in [0.4, 0.5) is 0 Å². The number of nitrogens with one attached hydrogen (secondary N) is 2. The standard InChI is InChI=1S/C28H22ClN5O4/c1-18-22(26(29)34(33-18)21-10-6-3-7-11-21)16-30-32-28(36)23(31-27(35)20-8-4-2-5-9-20)14-19-12-13-24-25(15-19)38-17-37-24/h2-16H,17H2,1H3,(H,31,35)(H,32,36)/b23-14?,30-16-.